The Bertz CT molecular complexity index is 750. The Morgan fingerprint density at radius 2 is 2.06 bits per heavy atom. The van der Waals surface area contributed by atoms with Gasteiger partial charge >= 0.3 is 12.1 Å². The Kier molecular flexibility index (Phi) is 8.43. The minimum absolute atomic E-state index is 0.0148. The zero-order valence-corrected chi connectivity index (χ0v) is 17.8. The maximum absolute atomic E-state index is 12.9. The van der Waals surface area contributed by atoms with Gasteiger partial charge in [-0.2, -0.15) is 13.2 Å². The van der Waals surface area contributed by atoms with Gasteiger partial charge in [0.2, 0.25) is 5.91 Å². The van der Waals surface area contributed by atoms with Gasteiger partial charge in [-0.25, -0.2) is 4.79 Å². The Morgan fingerprint density at radius 1 is 1.39 bits per heavy atom. The van der Waals surface area contributed by atoms with Gasteiger partial charge in [-0.15, -0.1) is 0 Å². The summed E-state index contributed by atoms with van der Waals surface area (Å²) in [5.74, 6) is -1.81. The van der Waals surface area contributed by atoms with Crippen LogP contribution in [0.1, 0.15) is 29.9 Å². The molecule has 9 nitrogen and oxygen atoms in total. The highest BCUT2D eigenvalue weighted by Crippen LogP contribution is 2.41. The molecule has 176 valence electrons. The molecular weight excluding hydrogens is 423 g/mol. The predicted molar refractivity (Wildman–Crippen MR) is 101 cm³/mol. The number of halogens is 3. The number of hydrogen-bond donors (Lipinski definition) is 2. The summed E-state index contributed by atoms with van der Waals surface area (Å²) in [4.78, 5) is 24.1. The van der Waals surface area contributed by atoms with Crippen molar-refractivity contribution in [2.45, 2.75) is 45.5 Å². The molecule has 31 heavy (non-hydrogen) atoms. The molecule has 0 spiro atoms. The standard InChI is InChI=1S/C17H27N3O4.C2HF3O2/c1-12-14(13(2)24-19-12)10-20-7-4-15-17(11-20,5-8-23-15)16(21)18-6-9-22-3;3-2(4,5)1(6)7/h15H,4-11H2,1-3H3,(H,18,21);(H,6,7)/t15-,17-;/m1./s1. The number of ether oxygens (including phenoxy) is 2. The number of carbonyl (C=O) groups excluding carboxylic acids is 1. The summed E-state index contributed by atoms with van der Waals surface area (Å²) in [6.07, 6.45) is -3.42. The number of aryl methyl sites for hydroxylation is 2. The third kappa shape index (κ3) is 6.17. The fourth-order valence-electron chi connectivity index (χ4n) is 3.88. The van der Waals surface area contributed by atoms with Gasteiger partial charge in [-0.05, 0) is 26.7 Å². The Balaban J connectivity index is 0.000000423. The third-order valence-corrected chi connectivity index (χ3v) is 5.55. The molecule has 3 rings (SSSR count). The molecule has 0 aliphatic carbocycles. The molecule has 2 aliphatic heterocycles. The second-order valence-electron chi connectivity index (χ2n) is 7.62. The number of nitrogens with zero attached hydrogens (tertiary/aromatic N) is 2. The lowest BCUT2D eigenvalue weighted by Crippen LogP contribution is -2.57. The van der Waals surface area contributed by atoms with Gasteiger partial charge in [-0.1, -0.05) is 5.16 Å². The summed E-state index contributed by atoms with van der Waals surface area (Å²) in [6, 6.07) is 0. The quantitative estimate of drug-likeness (QED) is 0.628. The Labute approximate surface area is 177 Å². The number of likely N-dealkylation sites (tertiary alicyclic amines) is 1. The summed E-state index contributed by atoms with van der Waals surface area (Å²) in [5, 5.41) is 14.2. The van der Waals surface area contributed by atoms with Gasteiger partial charge in [0.15, 0.2) is 0 Å². The van der Waals surface area contributed by atoms with E-state index in [1.807, 2.05) is 13.8 Å². The molecule has 0 bridgehead atoms. The van der Waals surface area contributed by atoms with Crippen molar-refractivity contribution < 1.29 is 41.9 Å². The van der Waals surface area contributed by atoms with Crippen LogP contribution < -0.4 is 5.32 Å². The van der Waals surface area contributed by atoms with Crippen LogP contribution in [0.25, 0.3) is 0 Å². The average Bonchev–Trinajstić information content (AvgIpc) is 3.27. The van der Waals surface area contributed by atoms with E-state index in [1.54, 1.807) is 7.11 Å². The van der Waals surface area contributed by atoms with Crippen LogP contribution in [-0.4, -0.2) is 79.3 Å². The number of carboxylic acids is 1. The van der Waals surface area contributed by atoms with Crippen LogP contribution in [0.3, 0.4) is 0 Å². The van der Waals surface area contributed by atoms with Crippen molar-refractivity contribution in [3.05, 3.63) is 17.0 Å². The van der Waals surface area contributed by atoms with Gasteiger partial charge in [-0.3, -0.25) is 9.69 Å². The first-order valence-electron chi connectivity index (χ1n) is 9.84. The molecule has 0 radical (unpaired) electrons. The van der Waals surface area contributed by atoms with Crippen LogP contribution >= 0.6 is 0 Å². The zero-order valence-electron chi connectivity index (χ0n) is 17.8. The van der Waals surface area contributed by atoms with E-state index in [0.717, 1.165) is 42.9 Å². The zero-order chi connectivity index (χ0) is 23.2. The predicted octanol–water partition coefficient (Wildman–Crippen LogP) is 1.67. The number of aromatic nitrogens is 1. The summed E-state index contributed by atoms with van der Waals surface area (Å²) in [6.45, 7) is 8.01. The number of fused-ring (bicyclic) bond motifs is 1. The second kappa shape index (κ2) is 10.4. The molecule has 2 atom stereocenters. The highest BCUT2D eigenvalue weighted by Gasteiger charge is 2.53. The van der Waals surface area contributed by atoms with Crippen molar-refractivity contribution in [1.82, 2.24) is 15.4 Å². The van der Waals surface area contributed by atoms with E-state index >= 15 is 0 Å². The number of piperidine rings is 1. The average molecular weight is 451 g/mol. The molecule has 2 fully saturated rings. The van der Waals surface area contributed by atoms with E-state index in [0.29, 0.717) is 26.3 Å². The maximum atomic E-state index is 12.9. The van der Waals surface area contributed by atoms with E-state index in [4.69, 9.17) is 23.9 Å². The van der Waals surface area contributed by atoms with Crippen LogP contribution in [0.15, 0.2) is 4.52 Å². The fraction of sp³-hybridized carbons (Fsp3) is 0.737. The molecule has 1 aromatic rings. The topological polar surface area (TPSA) is 114 Å². The van der Waals surface area contributed by atoms with Crippen LogP contribution in [0.2, 0.25) is 0 Å². The number of aliphatic carboxylic acids is 1. The molecule has 12 heteroatoms. The van der Waals surface area contributed by atoms with Crippen LogP contribution in [0.4, 0.5) is 13.2 Å². The van der Waals surface area contributed by atoms with E-state index in [1.165, 1.54) is 0 Å². The lowest BCUT2D eigenvalue weighted by Gasteiger charge is -2.42. The number of carbonyl (C=O) groups is 2. The van der Waals surface area contributed by atoms with Gasteiger partial charge in [0.1, 0.15) is 5.76 Å². The second-order valence-corrected chi connectivity index (χ2v) is 7.62. The first kappa shape index (κ1) is 25.1. The van der Waals surface area contributed by atoms with E-state index < -0.39 is 17.6 Å². The van der Waals surface area contributed by atoms with Crippen LogP contribution in [0.5, 0.6) is 0 Å². The molecule has 1 aromatic heterocycles. The van der Waals surface area contributed by atoms with Gasteiger partial charge in [0.25, 0.3) is 0 Å². The van der Waals surface area contributed by atoms with Gasteiger partial charge in [0, 0.05) is 45.5 Å². The first-order valence-corrected chi connectivity index (χ1v) is 9.84. The van der Waals surface area contributed by atoms with Crippen molar-refractivity contribution in [3.8, 4) is 0 Å². The van der Waals surface area contributed by atoms with Crippen molar-refractivity contribution >= 4 is 11.9 Å². The highest BCUT2D eigenvalue weighted by molar-refractivity contribution is 5.84. The number of nitrogens with one attached hydrogen (secondary N) is 1. The van der Waals surface area contributed by atoms with Crippen LogP contribution in [-0.2, 0) is 25.6 Å². The van der Waals surface area contributed by atoms with Crippen molar-refractivity contribution in [2.24, 2.45) is 5.41 Å². The van der Waals surface area contributed by atoms with Crippen molar-refractivity contribution in [1.29, 1.82) is 0 Å². The highest BCUT2D eigenvalue weighted by atomic mass is 19.4. The summed E-state index contributed by atoms with van der Waals surface area (Å²) >= 11 is 0. The molecule has 1 amide bonds. The number of amides is 1. The lowest BCUT2D eigenvalue weighted by molar-refractivity contribution is -0.192. The monoisotopic (exact) mass is 451 g/mol. The van der Waals surface area contributed by atoms with E-state index in [2.05, 4.69) is 15.4 Å². The number of alkyl halides is 3. The van der Waals surface area contributed by atoms with Crippen LogP contribution in [0, 0.1) is 19.3 Å². The third-order valence-electron chi connectivity index (χ3n) is 5.55. The van der Waals surface area contributed by atoms with Gasteiger partial charge in [0.05, 0.1) is 23.8 Å². The molecule has 2 saturated heterocycles. The number of carboxylic acid groups (broad SMARTS) is 1. The summed E-state index contributed by atoms with van der Waals surface area (Å²) in [5.41, 5.74) is 1.60. The fourth-order valence-corrected chi connectivity index (χ4v) is 3.88. The minimum Gasteiger partial charge on any atom is -0.475 e. The number of rotatable bonds is 6. The SMILES string of the molecule is COCCNC(=O)[C@@]12CCO[C@@H]1CCN(Cc1c(C)noc1C)C2.O=C(O)C(F)(F)F. The normalized spacial score (nSPS) is 23.6. The first-order chi connectivity index (χ1) is 14.5. The smallest absolute Gasteiger partial charge is 0.475 e. The molecule has 0 saturated carbocycles. The number of methoxy groups -OCH3 is 1. The Hall–Kier alpha value is -2.18. The molecule has 2 aliphatic rings. The largest absolute Gasteiger partial charge is 0.490 e. The summed E-state index contributed by atoms with van der Waals surface area (Å²) < 4.78 is 47.9. The number of hydrogen-bond acceptors (Lipinski definition) is 7. The molecule has 2 N–H and O–H groups in total. The Morgan fingerprint density at radius 3 is 2.61 bits per heavy atom. The van der Waals surface area contributed by atoms with E-state index in [-0.39, 0.29) is 12.0 Å². The maximum Gasteiger partial charge on any atom is 0.490 e. The van der Waals surface area contributed by atoms with Crippen molar-refractivity contribution in [3.63, 3.8) is 0 Å². The molecule has 0 aromatic carbocycles. The van der Waals surface area contributed by atoms with E-state index in [9.17, 15) is 18.0 Å². The minimum atomic E-state index is -5.08. The van der Waals surface area contributed by atoms with Crippen molar-refractivity contribution in [2.75, 3.05) is 40.0 Å². The molecular formula is C19H28F3N3O6. The summed E-state index contributed by atoms with van der Waals surface area (Å²) in [7, 11) is 1.64. The van der Waals surface area contributed by atoms with Gasteiger partial charge < -0.3 is 24.4 Å². The molecule has 3 heterocycles. The lowest BCUT2D eigenvalue weighted by atomic mass is 9.75. The molecule has 0 unspecified atom stereocenters.